The maximum absolute atomic E-state index is 13.7. The van der Waals surface area contributed by atoms with Crippen molar-refractivity contribution in [3.05, 3.63) is 53.3 Å². The van der Waals surface area contributed by atoms with Crippen LogP contribution in [0.4, 0.5) is 5.95 Å². The molecule has 0 radical (unpaired) electrons. The molecule has 0 bridgehead atoms. The Morgan fingerprint density at radius 3 is 2.69 bits per heavy atom. The lowest BCUT2D eigenvalue weighted by Crippen LogP contribution is -2.48. The average molecular weight is 394 g/mol. The van der Waals surface area contributed by atoms with E-state index >= 15 is 0 Å². The molecule has 4 rings (SSSR count). The number of rotatable bonds is 3. The predicted molar refractivity (Wildman–Crippen MR) is 115 cm³/mol. The molecule has 2 aliphatic heterocycles. The van der Waals surface area contributed by atoms with Gasteiger partial charge in [0.25, 0.3) is 5.91 Å². The van der Waals surface area contributed by atoms with Crippen molar-refractivity contribution in [1.82, 2.24) is 19.8 Å². The molecule has 0 spiro atoms. The fraction of sp³-hybridized carbons (Fsp3) is 0.522. The minimum absolute atomic E-state index is 0.00963. The number of nitrogens with two attached hydrogens (primary N) is 1. The molecule has 1 aromatic heterocycles. The Morgan fingerprint density at radius 2 is 1.93 bits per heavy atom. The molecule has 1 amide bonds. The van der Waals surface area contributed by atoms with E-state index in [-0.39, 0.29) is 23.9 Å². The summed E-state index contributed by atoms with van der Waals surface area (Å²) in [6.45, 7) is 2.95. The molecule has 2 saturated heterocycles. The smallest absolute Gasteiger partial charge is 0.273 e. The van der Waals surface area contributed by atoms with Gasteiger partial charge in [0.05, 0.1) is 0 Å². The lowest BCUT2D eigenvalue weighted by atomic mass is 9.96. The van der Waals surface area contributed by atoms with Crippen LogP contribution in [0.2, 0.25) is 0 Å². The van der Waals surface area contributed by atoms with Crippen LogP contribution in [0.25, 0.3) is 0 Å². The van der Waals surface area contributed by atoms with Crippen LogP contribution in [-0.2, 0) is 6.42 Å². The lowest BCUT2D eigenvalue weighted by molar-refractivity contribution is 0.0598. The van der Waals surface area contributed by atoms with E-state index < -0.39 is 0 Å². The number of benzene rings is 1. The van der Waals surface area contributed by atoms with E-state index in [1.807, 2.05) is 13.0 Å². The van der Waals surface area contributed by atoms with Crippen molar-refractivity contribution in [2.75, 3.05) is 19.3 Å². The first-order valence-electron chi connectivity index (χ1n) is 10.7. The Morgan fingerprint density at radius 1 is 1.14 bits per heavy atom. The maximum atomic E-state index is 13.7. The van der Waals surface area contributed by atoms with Gasteiger partial charge in [0.1, 0.15) is 5.69 Å². The molecule has 3 atom stereocenters. The number of fused-ring (bicyclic) bond motifs is 1. The first-order valence-corrected chi connectivity index (χ1v) is 10.7. The van der Waals surface area contributed by atoms with E-state index in [1.165, 1.54) is 24.8 Å². The van der Waals surface area contributed by atoms with Gasteiger partial charge < -0.3 is 15.5 Å². The first-order chi connectivity index (χ1) is 14.0. The zero-order valence-corrected chi connectivity index (χ0v) is 17.4. The van der Waals surface area contributed by atoms with Gasteiger partial charge in [0, 0.05) is 23.8 Å². The van der Waals surface area contributed by atoms with Crippen molar-refractivity contribution in [3.8, 4) is 0 Å². The normalized spacial score (nSPS) is 25.3. The second-order valence-corrected chi connectivity index (χ2v) is 8.51. The number of likely N-dealkylation sites (tertiary alicyclic amines) is 2. The van der Waals surface area contributed by atoms with E-state index in [4.69, 9.17) is 5.73 Å². The molecule has 2 N–H and O–H groups in total. The summed E-state index contributed by atoms with van der Waals surface area (Å²) in [4.78, 5) is 26.7. The summed E-state index contributed by atoms with van der Waals surface area (Å²) in [6.07, 6.45) is 6.54. The van der Waals surface area contributed by atoms with Gasteiger partial charge in [-0.1, -0.05) is 43.2 Å². The van der Waals surface area contributed by atoms with Crippen LogP contribution in [0.1, 0.15) is 53.8 Å². The van der Waals surface area contributed by atoms with Crippen LogP contribution in [0.3, 0.4) is 0 Å². The highest BCUT2D eigenvalue weighted by Gasteiger charge is 2.45. The molecule has 3 heterocycles. The number of hydrogen-bond acceptors (Lipinski definition) is 5. The number of nitrogen functional groups attached to an aromatic ring is 1. The second-order valence-electron chi connectivity index (χ2n) is 8.51. The van der Waals surface area contributed by atoms with Crippen molar-refractivity contribution in [2.45, 2.75) is 63.6 Å². The number of amides is 1. The van der Waals surface area contributed by atoms with Crippen molar-refractivity contribution < 1.29 is 4.79 Å². The van der Waals surface area contributed by atoms with Crippen LogP contribution in [0, 0.1) is 6.92 Å². The fourth-order valence-electron chi connectivity index (χ4n) is 5.09. The Labute approximate surface area is 173 Å². The van der Waals surface area contributed by atoms with Crippen molar-refractivity contribution >= 4 is 11.9 Å². The quantitative estimate of drug-likeness (QED) is 0.867. The molecule has 1 aromatic carbocycles. The topological polar surface area (TPSA) is 75.4 Å². The molecule has 6 heteroatoms. The molecular weight excluding hydrogens is 362 g/mol. The van der Waals surface area contributed by atoms with Gasteiger partial charge in [0.2, 0.25) is 5.95 Å². The maximum Gasteiger partial charge on any atom is 0.273 e. The SMILES string of the molecule is Cc1cc(C(=O)N2[C@H](Cc3ccccc3)C[C@H]3[C@H]2CCCCCN3C)nc(N)n1. The number of nitrogens with zero attached hydrogens (tertiary/aromatic N) is 4. The third-order valence-corrected chi connectivity index (χ3v) is 6.42. The number of carbonyl (C=O) groups is 1. The van der Waals surface area contributed by atoms with Crippen molar-refractivity contribution in [1.29, 1.82) is 0 Å². The third kappa shape index (κ3) is 4.27. The summed E-state index contributed by atoms with van der Waals surface area (Å²) >= 11 is 0. The van der Waals surface area contributed by atoms with E-state index in [1.54, 1.807) is 6.07 Å². The molecule has 2 aliphatic rings. The zero-order valence-electron chi connectivity index (χ0n) is 17.4. The Bertz CT molecular complexity index is 835. The summed E-state index contributed by atoms with van der Waals surface area (Å²) in [5.74, 6) is 0.156. The summed E-state index contributed by atoms with van der Waals surface area (Å²) in [7, 11) is 2.21. The van der Waals surface area contributed by atoms with Gasteiger partial charge in [-0.15, -0.1) is 0 Å². The van der Waals surface area contributed by atoms with E-state index in [0.29, 0.717) is 11.7 Å². The number of likely N-dealkylation sites (N-methyl/N-ethyl adjacent to an activating group) is 1. The Balaban J connectivity index is 1.68. The molecule has 6 nitrogen and oxygen atoms in total. The van der Waals surface area contributed by atoms with Gasteiger partial charge in [0.15, 0.2) is 0 Å². The first kappa shape index (κ1) is 19.8. The molecule has 154 valence electrons. The van der Waals surface area contributed by atoms with Gasteiger partial charge in [-0.3, -0.25) is 4.79 Å². The molecular formula is C23H31N5O. The predicted octanol–water partition coefficient (Wildman–Crippen LogP) is 3.07. The van der Waals surface area contributed by atoms with Crippen LogP contribution < -0.4 is 5.73 Å². The van der Waals surface area contributed by atoms with Gasteiger partial charge in [-0.25, -0.2) is 9.97 Å². The van der Waals surface area contributed by atoms with Gasteiger partial charge in [-0.05, 0) is 57.8 Å². The standard InChI is InChI=1S/C23H31N5O/c1-16-13-19(26-23(24)25-16)22(29)28-18(14-17-9-5-3-6-10-17)15-21-20(28)11-7-4-8-12-27(21)2/h3,5-6,9-10,13,18,20-21H,4,7-8,11-12,14-15H2,1-2H3,(H2,24,25,26)/t18-,20-,21+/m1/s1. The lowest BCUT2D eigenvalue weighted by Gasteiger charge is -2.36. The van der Waals surface area contributed by atoms with Crippen molar-refractivity contribution in [2.24, 2.45) is 0 Å². The largest absolute Gasteiger partial charge is 0.368 e. The third-order valence-electron chi connectivity index (χ3n) is 6.42. The van der Waals surface area contributed by atoms with Crippen LogP contribution in [-0.4, -0.2) is 57.4 Å². The number of aromatic nitrogens is 2. The second kappa shape index (κ2) is 8.49. The minimum atomic E-state index is -0.00963. The number of aryl methyl sites for hydroxylation is 1. The number of carbonyl (C=O) groups excluding carboxylic acids is 1. The highest BCUT2D eigenvalue weighted by molar-refractivity contribution is 5.93. The number of hydrogen-bond donors (Lipinski definition) is 1. The number of anilines is 1. The zero-order chi connectivity index (χ0) is 20.4. The average Bonchev–Trinajstić information content (AvgIpc) is 3.03. The van der Waals surface area contributed by atoms with Crippen LogP contribution in [0.5, 0.6) is 0 Å². The summed E-state index contributed by atoms with van der Waals surface area (Å²) in [5, 5.41) is 0. The monoisotopic (exact) mass is 393 g/mol. The molecule has 29 heavy (non-hydrogen) atoms. The Kier molecular flexibility index (Phi) is 5.81. The molecule has 0 aliphatic carbocycles. The fourth-order valence-corrected chi connectivity index (χ4v) is 5.09. The highest BCUT2D eigenvalue weighted by atomic mass is 16.2. The summed E-state index contributed by atoms with van der Waals surface area (Å²) < 4.78 is 0. The van der Waals surface area contributed by atoms with Crippen LogP contribution >= 0.6 is 0 Å². The molecule has 2 aromatic rings. The van der Waals surface area contributed by atoms with E-state index in [9.17, 15) is 4.79 Å². The van der Waals surface area contributed by atoms with E-state index in [0.717, 1.165) is 31.5 Å². The molecule has 2 fully saturated rings. The van der Waals surface area contributed by atoms with Crippen molar-refractivity contribution in [3.63, 3.8) is 0 Å². The molecule has 0 saturated carbocycles. The highest BCUT2D eigenvalue weighted by Crippen LogP contribution is 2.35. The van der Waals surface area contributed by atoms with Gasteiger partial charge in [-0.2, -0.15) is 0 Å². The van der Waals surface area contributed by atoms with Crippen LogP contribution in [0.15, 0.2) is 36.4 Å². The summed E-state index contributed by atoms with van der Waals surface area (Å²) in [5.41, 5.74) is 8.26. The molecule has 0 unspecified atom stereocenters. The minimum Gasteiger partial charge on any atom is -0.368 e. The van der Waals surface area contributed by atoms with Gasteiger partial charge >= 0.3 is 0 Å². The van der Waals surface area contributed by atoms with E-state index in [2.05, 4.69) is 51.1 Å². The Hall–Kier alpha value is -2.47. The summed E-state index contributed by atoms with van der Waals surface area (Å²) in [6, 6.07) is 13.0.